The fourth-order valence-electron chi connectivity index (χ4n) is 2.64. The van der Waals surface area contributed by atoms with E-state index in [0.717, 1.165) is 12.3 Å². The fourth-order valence-corrected chi connectivity index (χ4v) is 2.64. The van der Waals surface area contributed by atoms with Gasteiger partial charge < -0.3 is 4.74 Å². The first kappa shape index (κ1) is 9.69. The van der Waals surface area contributed by atoms with Gasteiger partial charge >= 0.3 is 11.9 Å². The van der Waals surface area contributed by atoms with Gasteiger partial charge in [0.05, 0.1) is 0 Å². The summed E-state index contributed by atoms with van der Waals surface area (Å²) in [7, 11) is 0. The van der Waals surface area contributed by atoms with E-state index in [2.05, 4.69) is 4.74 Å². The summed E-state index contributed by atoms with van der Waals surface area (Å²) in [4.78, 5) is 22.0. The Hall–Kier alpha value is -0.860. The molecule has 0 amide bonds. The molecule has 2 fully saturated rings. The van der Waals surface area contributed by atoms with Crippen LogP contribution in [0.15, 0.2) is 0 Å². The molecule has 0 spiro atoms. The Labute approximate surface area is 83.8 Å². The van der Waals surface area contributed by atoms with Gasteiger partial charge in [-0.2, -0.15) is 0 Å². The normalized spacial score (nSPS) is 25.4. The Bertz CT molecular complexity index is 225. The van der Waals surface area contributed by atoms with Gasteiger partial charge in [-0.25, -0.2) is 0 Å². The molecule has 1 aliphatic heterocycles. The van der Waals surface area contributed by atoms with Crippen LogP contribution < -0.4 is 0 Å². The topological polar surface area (TPSA) is 43.4 Å². The van der Waals surface area contributed by atoms with E-state index in [1.54, 1.807) is 0 Å². The maximum Gasteiger partial charge on any atom is 0.313 e. The van der Waals surface area contributed by atoms with Crippen LogP contribution in [0.4, 0.5) is 0 Å². The van der Waals surface area contributed by atoms with E-state index < -0.39 is 0 Å². The van der Waals surface area contributed by atoms with Gasteiger partial charge in [0.1, 0.15) is 0 Å². The zero-order chi connectivity index (χ0) is 9.97. The summed E-state index contributed by atoms with van der Waals surface area (Å²) >= 11 is 0. The van der Waals surface area contributed by atoms with Gasteiger partial charge in [-0.15, -0.1) is 0 Å². The van der Waals surface area contributed by atoms with Crippen LogP contribution in [-0.2, 0) is 14.3 Å². The molecule has 0 N–H and O–H groups in total. The van der Waals surface area contributed by atoms with Gasteiger partial charge in [0.15, 0.2) is 0 Å². The molecule has 0 aromatic rings. The van der Waals surface area contributed by atoms with E-state index in [0.29, 0.717) is 12.8 Å². The average molecular weight is 196 g/mol. The molecule has 1 heterocycles. The molecule has 2 rings (SSSR count). The van der Waals surface area contributed by atoms with Gasteiger partial charge in [-0.1, -0.05) is 25.7 Å². The second kappa shape index (κ2) is 4.11. The first-order valence-electron chi connectivity index (χ1n) is 5.47. The maximum absolute atomic E-state index is 11.0. The van der Waals surface area contributed by atoms with Gasteiger partial charge in [-0.05, 0) is 18.3 Å². The van der Waals surface area contributed by atoms with Crippen molar-refractivity contribution in [3.8, 4) is 0 Å². The first-order chi connectivity index (χ1) is 6.74. The van der Waals surface area contributed by atoms with Crippen molar-refractivity contribution in [3.05, 3.63) is 0 Å². The lowest BCUT2D eigenvalue weighted by Gasteiger charge is -2.22. The number of hydrogen-bond acceptors (Lipinski definition) is 3. The summed E-state index contributed by atoms with van der Waals surface area (Å²) in [6, 6.07) is 0. The highest BCUT2D eigenvalue weighted by molar-refractivity contribution is 5.88. The zero-order valence-electron chi connectivity index (χ0n) is 8.33. The number of ether oxygens (including phenoxy) is 1. The highest BCUT2D eigenvalue weighted by Gasteiger charge is 2.29. The van der Waals surface area contributed by atoms with Crippen LogP contribution in [0, 0.1) is 11.8 Å². The third-order valence-corrected chi connectivity index (χ3v) is 3.28. The molecular weight excluding hydrogens is 180 g/mol. The summed E-state index contributed by atoms with van der Waals surface area (Å²) in [5.41, 5.74) is 0. The lowest BCUT2D eigenvalue weighted by Crippen LogP contribution is -2.26. The molecule has 1 saturated heterocycles. The van der Waals surface area contributed by atoms with E-state index >= 15 is 0 Å². The lowest BCUT2D eigenvalue weighted by atomic mass is 9.88. The van der Waals surface area contributed by atoms with Gasteiger partial charge in [0.2, 0.25) is 0 Å². The predicted octanol–water partition coefficient (Wildman–Crippen LogP) is 2.05. The number of carbonyl (C=O) groups is 2. The highest BCUT2D eigenvalue weighted by Crippen LogP contribution is 2.33. The van der Waals surface area contributed by atoms with Crippen LogP contribution in [0.25, 0.3) is 0 Å². The number of cyclic esters (lactones) is 2. The van der Waals surface area contributed by atoms with E-state index in [4.69, 9.17) is 0 Å². The van der Waals surface area contributed by atoms with Crippen molar-refractivity contribution in [2.45, 2.75) is 44.9 Å². The molecular formula is C11H16O3. The van der Waals surface area contributed by atoms with Gasteiger partial charge in [0.25, 0.3) is 0 Å². The zero-order valence-corrected chi connectivity index (χ0v) is 8.33. The standard InChI is InChI=1S/C11H16O3/c12-10-6-9(7-11(13)14-10)5-8-3-1-2-4-8/h8-9H,1-7H2. The molecule has 2 aliphatic rings. The minimum atomic E-state index is -0.329. The van der Waals surface area contributed by atoms with Crippen LogP contribution in [0.3, 0.4) is 0 Å². The molecule has 0 atom stereocenters. The molecule has 3 heteroatoms. The van der Waals surface area contributed by atoms with Crippen molar-refractivity contribution in [2.24, 2.45) is 11.8 Å². The van der Waals surface area contributed by atoms with Crippen molar-refractivity contribution in [1.29, 1.82) is 0 Å². The fraction of sp³-hybridized carbons (Fsp3) is 0.818. The third kappa shape index (κ3) is 2.34. The second-order valence-electron chi connectivity index (χ2n) is 4.51. The Morgan fingerprint density at radius 3 is 2.14 bits per heavy atom. The number of hydrogen-bond donors (Lipinski definition) is 0. The van der Waals surface area contributed by atoms with Crippen LogP contribution in [0.1, 0.15) is 44.9 Å². The van der Waals surface area contributed by atoms with Crippen LogP contribution in [0.2, 0.25) is 0 Å². The SMILES string of the molecule is O=C1CC(CC2CCCC2)CC(=O)O1. The predicted molar refractivity (Wildman–Crippen MR) is 50.4 cm³/mol. The summed E-state index contributed by atoms with van der Waals surface area (Å²) in [5.74, 6) is 0.346. The summed E-state index contributed by atoms with van der Waals surface area (Å²) in [6.45, 7) is 0. The van der Waals surface area contributed by atoms with Crippen LogP contribution >= 0.6 is 0 Å². The van der Waals surface area contributed by atoms with E-state index in [-0.39, 0.29) is 17.9 Å². The second-order valence-corrected chi connectivity index (χ2v) is 4.51. The van der Waals surface area contributed by atoms with Crippen molar-refractivity contribution >= 4 is 11.9 Å². The van der Waals surface area contributed by atoms with Gasteiger partial charge in [-0.3, -0.25) is 9.59 Å². The van der Waals surface area contributed by atoms with Crippen molar-refractivity contribution < 1.29 is 14.3 Å². The molecule has 0 radical (unpaired) electrons. The molecule has 0 aromatic heterocycles. The quantitative estimate of drug-likeness (QED) is 0.501. The summed E-state index contributed by atoms with van der Waals surface area (Å²) < 4.78 is 4.50. The van der Waals surface area contributed by atoms with Gasteiger partial charge in [0, 0.05) is 12.8 Å². The molecule has 1 aliphatic carbocycles. The number of rotatable bonds is 2. The highest BCUT2D eigenvalue weighted by atomic mass is 16.6. The summed E-state index contributed by atoms with van der Waals surface area (Å²) in [5, 5.41) is 0. The van der Waals surface area contributed by atoms with E-state index in [1.807, 2.05) is 0 Å². The lowest BCUT2D eigenvalue weighted by molar-refractivity contribution is -0.165. The van der Waals surface area contributed by atoms with E-state index in [9.17, 15) is 9.59 Å². The smallest absolute Gasteiger partial charge is 0.313 e. The minimum Gasteiger partial charge on any atom is -0.393 e. The monoisotopic (exact) mass is 196 g/mol. The number of carbonyl (C=O) groups excluding carboxylic acids is 2. The summed E-state index contributed by atoms with van der Waals surface area (Å²) in [6.07, 6.45) is 7.12. The molecule has 0 unspecified atom stereocenters. The Morgan fingerprint density at radius 1 is 1.00 bits per heavy atom. The molecule has 0 aromatic carbocycles. The first-order valence-corrected chi connectivity index (χ1v) is 5.47. The van der Waals surface area contributed by atoms with Crippen LogP contribution in [0.5, 0.6) is 0 Å². The van der Waals surface area contributed by atoms with Crippen molar-refractivity contribution in [1.82, 2.24) is 0 Å². The minimum absolute atomic E-state index is 0.256. The Morgan fingerprint density at radius 2 is 1.57 bits per heavy atom. The third-order valence-electron chi connectivity index (χ3n) is 3.28. The molecule has 78 valence electrons. The Balaban J connectivity index is 1.84. The largest absolute Gasteiger partial charge is 0.393 e. The van der Waals surface area contributed by atoms with Crippen molar-refractivity contribution in [3.63, 3.8) is 0 Å². The molecule has 14 heavy (non-hydrogen) atoms. The average Bonchev–Trinajstić information content (AvgIpc) is 2.54. The molecule has 1 saturated carbocycles. The number of esters is 2. The maximum atomic E-state index is 11.0. The van der Waals surface area contributed by atoms with Crippen LogP contribution in [-0.4, -0.2) is 11.9 Å². The molecule has 3 nitrogen and oxygen atoms in total. The van der Waals surface area contributed by atoms with Crippen molar-refractivity contribution in [2.75, 3.05) is 0 Å². The van der Waals surface area contributed by atoms with E-state index in [1.165, 1.54) is 25.7 Å². The Kier molecular flexibility index (Phi) is 2.85. The molecule has 0 bridgehead atoms.